The summed E-state index contributed by atoms with van der Waals surface area (Å²) in [4.78, 5) is 19.5. The number of rotatable bonds is 6. The van der Waals surface area contributed by atoms with Gasteiger partial charge >= 0.3 is 0 Å². The Kier molecular flexibility index (Phi) is 5.61. The third kappa shape index (κ3) is 4.07. The second-order valence-corrected chi connectivity index (χ2v) is 6.21. The van der Waals surface area contributed by atoms with Gasteiger partial charge in [0.15, 0.2) is 11.0 Å². The molecule has 2 aromatic heterocycles. The van der Waals surface area contributed by atoms with Crippen LogP contribution in [0.4, 0.5) is 11.5 Å². The minimum Gasteiger partial charge on any atom is -0.361 e. The number of anilines is 1. The average Bonchev–Trinajstić information content (AvgIpc) is 3.10. The molecule has 0 aliphatic carbocycles. The van der Waals surface area contributed by atoms with Gasteiger partial charge in [-0.2, -0.15) is 0 Å². The van der Waals surface area contributed by atoms with E-state index in [0.29, 0.717) is 23.3 Å². The van der Waals surface area contributed by atoms with E-state index in [1.165, 1.54) is 11.8 Å². The van der Waals surface area contributed by atoms with Gasteiger partial charge in [-0.25, -0.2) is 0 Å². The van der Waals surface area contributed by atoms with Gasteiger partial charge in [0.2, 0.25) is 5.91 Å². The number of hydrogen-bond acceptors (Lipinski definition) is 5. The number of hydrogen-bond donors (Lipinski definition) is 1. The van der Waals surface area contributed by atoms with E-state index in [4.69, 9.17) is 6.57 Å². The number of pyridine rings is 1. The molecule has 0 aliphatic rings. The molecule has 1 N–H and O–H groups in total. The number of amides is 1. The Balaban J connectivity index is 1.70. The first-order chi connectivity index (χ1) is 12.7. The van der Waals surface area contributed by atoms with Crippen molar-refractivity contribution in [2.24, 2.45) is 0 Å². The second-order valence-electron chi connectivity index (χ2n) is 5.27. The fourth-order valence-corrected chi connectivity index (χ4v) is 3.13. The zero-order valence-corrected chi connectivity index (χ0v) is 14.9. The van der Waals surface area contributed by atoms with Crippen LogP contribution in [0, 0.1) is 6.57 Å². The van der Waals surface area contributed by atoms with E-state index in [1.54, 1.807) is 18.3 Å². The average molecular weight is 364 g/mol. The highest BCUT2D eigenvalue weighted by Gasteiger charge is 2.15. The van der Waals surface area contributed by atoms with Crippen LogP contribution in [0.2, 0.25) is 0 Å². The van der Waals surface area contributed by atoms with Gasteiger partial charge in [-0.3, -0.25) is 4.79 Å². The Bertz CT molecular complexity index is 931. The monoisotopic (exact) mass is 364 g/mol. The summed E-state index contributed by atoms with van der Waals surface area (Å²) in [5.74, 6) is 1.14. The van der Waals surface area contributed by atoms with E-state index in [2.05, 4.69) is 25.3 Å². The van der Waals surface area contributed by atoms with Crippen molar-refractivity contribution < 1.29 is 4.79 Å². The SMILES string of the molecule is [C-]#[N+]c1ccc(-c2nnc(SCC(=O)Nc3ccccc3)n2CC)cn1. The minimum absolute atomic E-state index is 0.100. The van der Waals surface area contributed by atoms with Gasteiger partial charge in [0.25, 0.3) is 5.82 Å². The van der Waals surface area contributed by atoms with Crippen molar-refractivity contribution in [2.45, 2.75) is 18.6 Å². The fourth-order valence-electron chi connectivity index (χ4n) is 2.33. The number of nitrogens with one attached hydrogen (secondary N) is 1. The van der Waals surface area contributed by atoms with Crippen LogP contribution in [0.1, 0.15) is 6.92 Å². The molecule has 3 rings (SSSR count). The predicted molar refractivity (Wildman–Crippen MR) is 101 cm³/mol. The Labute approximate surface area is 155 Å². The van der Waals surface area contributed by atoms with Crippen LogP contribution >= 0.6 is 11.8 Å². The molecule has 8 heteroatoms. The van der Waals surface area contributed by atoms with Gasteiger partial charge in [0.1, 0.15) is 6.20 Å². The van der Waals surface area contributed by atoms with Crippen LogP contribution in [0.25, 0.3) is 16.2 Å². The highest BCUT2D eigenvalue weighted by Crippen LogP contribution is 2.24. The third-order valence-electron chi connectivity index (χ3n) is 3.54. The predicted octanol–water partition coefficient (Wildman–Crippen LogP) is 3.64. The summed E-state index contributed by atoms with van der Waals surface area (Å²) in [6, 6.07) is 12.8. The van der Waals surface area contributed by atoms with Crippen LogP contribution in [-0.4, -0.2) is 31.4 Å². The van der Waals surface area contributed by atoms with E-state index >= 15 is 0 Å². The first-order valence-electron chi connectivity index (χ1n) is 7.96. The standard InChI is InChI=1S/C18H16N6OS/c1-3-24-17(13-9-10-15(19-2)20-11-13)22-23-18(24)26-12-16(25)21-14-7-5-4-6-8-14/h4-11H,3,12H2,1H3,(H,21,25). The Morgan fingerprint density at radius 3 is 2.69 bits per heavy atom. The summed E-state index contributed by atoms with van der Waals surface area (Å²) >= 11 is 1.33. The fraction of sp³-hybridized carbons (Fsp3) is 0.167. The third-order valence-corrected chi connectivity index (χ3v) is 4.51. The Hall–Kier alpha value is -3.18. The summed E-state index contributed by atoms with van der Waals surface area (Å²) in [6.45, 7) is 9.62. The largest absolute Gasteiger partial charge is 0.361 e. The summed E-state index contributed by atoms with van der Waals surface area (Å²) in [6.07, 6.45) is 1.61. The molecule has 0 unspecified atom stereocenters. The molecule has 0 spiro atoms. The Morgan fingerprint density at radius 2 is 2.04 bits per heavy atom. The van der Waals surface area contributed by atoms with Crippen molar-refractivity contribution in [1.29, 1.82) is 0 Å². The molecule has 0 fully saturated rings. The molecule has 0 radical (unpaired) electrons. The van der Waals surface area contributed by atoms with Crippen molar-refractivity contribution in [3.8, 4) is 11.4 Å². The smallest absolute Gasteiger partial charge is 0.269 e. The molecule has 1 aromatic carbocycles. The maximum Gasteiger partial charge on any atom is 0.269 e. The normalized spacial score (nSPS) is 10.3. The van der Waals surface area contributed by atoms with E-state index in [9.17, 15) is 4.79 Å². The second kappa shape index (κ2) is 8.27. The molecule has 0 atom stereocenters. The van der Waals surface area contributed by atoms with E-state index in [-0.39, 0.29) is 11.7 Å². The molecule has 3 aromatic rings. The van der Waals surface area contributed by atoms with E-state index in [0.717, 1.165) is 11.3 Å². The summed E-state index contributed by atoms with van der Waals surface area (Å²) in [5, 5.41) is 11.9. The highest BCUT2D eigenvalue weighted by molar-refractivity contribution is 7.99. The van der Waals surface area contributed by atoms with Gasteiger partial charge in [-0.15, -0.1) is 15.2 Å². The number of carbonyl (C=O) groups excluding carboxylic acids is 1. The molecule has 2 heterocycles. The summed E-state index contributed by atoms with van der Waals surface area (Å²) in [7, 11) is 0. The van der Waals surface area contributed by atoms with Crippen LogP contribution in [0.5, 0.6) is 0 Å². The lowest BCUT2D eigenvalue weighted by Gasteiger charge is -2.07. The first-order valence-corrected chi connectivity index (χ1v) is 8.94. The lowest BCUT2D eigenvalue weighted by atomic mass is 10.2. The lowest BCUT2D eigenvalue weighted by molar-refractivity contribution is -0.113. The summed E-state index contributed by atoms with van der Waals surface area (Å²) < 4.78 is 1.93. The van der Waals surface area contributed by atoms with Crippen LogP contribution in [0.3, 0.4) is 0 Å². The van der Waals surface area contributed by atoms with Crippen molar-refractivity contribution >= 4 is 29.2 Å². The van der Waals surface area contributed by atoms with Gasteiger partial charge in [0.05, 0.1) is 11.3 Å². The number of carbonyl (C=O) groups is 1. The Morgan fingerprint density at radius 1 is 1.23 bits per heavy atom. The van der Waals surface area contributed by atoms with Crippen molar-refractivity contribution in [1.82, 2.24) is 19.7 Å². The molecular formula is C18H16N6OS. The van der Waals surface area contributed by atoms with Gasteiger partial charge in [-0.1, -0.05) is 42.6 Å². The minimum atomic E-state index is -0.100. The van der Waals surface area contributed by atoms with Crippen molar-refractivity contribution in [3.05, 3.63) is 60.1 Å². The summed E-state index contributed by atoms with van der Waals surface area (Å²) in [5.41, 5.74) is 1.55. The molecule has 0 aliphatic heterocycles. The van der Waals surface area contributed by atoms with Gasteiger partial charge in [0, 0.05) is 12.2 Å². The molecule has 0 saturated carbocycles. The number of para-hydroxylation sites is 1. The number of aromatic nitrogens is 4. The maximum absolute atomic E-state index is 12.1. The van der Waals surface area contributed by atoms with Gasteiger partial charge < -0.3 is 14.7 Å². The lowest BCUT2D eigenvalue weighted by Crippen LogP contribution is -2.14. The number of thioether (sulfide) groups is 1. The van der Waals surface area contributed by atoms with Crippen molar-refractivity contribution in [2.75, 3.05) is 11.1 Å². The first kappa shape index (κ1) is 17.6. The molecular weight excluding hydrogens is 348 g/mol. The van der Waals surface area contributed by atoms with Crippen LogP contribution < -0.4 is 5.32 Å². The zero-order valence-electron chi connectivity index (χ0n) is 14.1. The molecule has 26 heavy (non-hydrogen) atoms. The van der Waals surface area contributed by atoms with E-state index in [1.807, 2.05) is 41.8 Å². The number of nitrogens with zero attached hydrogens (tertiary/aromatic N) is 5. The van der Waals surface area contributed by atoms with Gasteiger partial charge in [-0.05, 0) is 25.1 Å². The van der Waals surface area contributed by atoms with Crippen LogP contribution in [-0.2, 0) is 11.3 Å². The topological polar surface area (TPSA) is 77.1 Å². The van der Waals surface area contributed by atoms with E-state index < -0.39 is 0 Å². The number of benzene rings is 1. The zero-order chi connectivity index (χ0) is 18.4. The molecule has 130 valence electrons. The molecule has 0 saturated heterocycles. The quantitative estimate of drug-likeness (QED) is 0.534. The molecule has 7 nitrogen and oxygen atoms in total. The molecule has 0 bridgehead atoms. The molecule has 1 amide bonds. The van der Waals surface area contributed by atoms with Crippen molar-refractivity contribution in [3.63, 3.8) is 0 Å². The van der Waals surface area contributed by atoms with Crippen LogP contribution in [0.15, 0.2) is 53.8 Å². The highest BCUT2D eigenvalue weighted by atomic mass is 32.2. The maximum atomic E-state index is 12.1.